The Hall–Kier alpha value is -2.19. The lowest BCUT2D eigenvalue weighted by molar-refractivity contribution is 0.122. The molecule has 2 aromatic heterocycles. The highest BCUT2D eigenvalue weighted by atomic mass is 16.5. The predicted molar refractivity (Wildman–Crippen MR) is 86.1 cm³/mol. The van der Waals surface area contributed by atoms with Crippen LogP contribution >= 0.6 is 0 Å². The molecule has 0 saturated carbocycles. The molecule has 2 aromatic rings. The van der Waals surface area contributed by atoms with Gasteiger partial charge in [0.05, 0.1) is 25.6 Å². The van der Waals surface area contributed by atoms with E-state index in [0.717, 1.165) is 36.5 Å². The third kappa shape index (κ3) is 2.53. The predicted octanol–water partition coefficient (Wildman–Crippen LogP) is 0.355. The normalized spacial score (nSPS) is 24.7. The van der Waals surface area contributed by atoms with Gasteiger partial charge in [0.1, 0.15) is 0 Å². The molecule has 3 heterocycles. The van der Waals surface area contributed by atoms with E-state index in [4.69, 9.17) is 10.5 Å². The molecule has 1 saturated heterocycles. The molecule has 1 fully saturated rings. The molecular weight excluding hydrogens is 296 g/mol. The van der Waals surface area contributed by atoms with Crippen molar-refractivity contribution in [1.29, 1.82) is 0 Å². The number of anilines is 2. The number of imidazole rings is 1. The molecule has 2 aliphatic rings. The minimum Gasteiger partial charge on any atom is -0.396 e. The van der Waals surface area contributed by atoms with Crippen LogP contribution in [0.2, 0.25) is 0 Å². The summed E-state index contributed by atoms with van der Waals surface area (Å²) >= 11 is 0. The van der Waals surface area contributed by atoms with Gasteiger partial charge < -0.3 is 25.0 Å². The van der Waals surface area contributed by atoms with E-state index in [1.54, 1.807) is 6.33 Å². The van der Waals surface area contributed by atoms with E-state index >= 15 is 0 Å². The zero-order chi connectivity index (χ0) is 15.8. The Morgan fingerprint density at radius 3 is 2.83 bits per heavy atom. The standard InChI is InChI=1S/C15H20N6O2/c16-15-18-13(20-3-5-23-6-4-20)12-14(19-15)21(9-17-12)11-2-1-10(7-11)8-22/h1-2,9-11,22H,3-8H2,(H2,16,18,19)/t10-,11+/m0/s1. The molecule has 0 radical (unpaired) electrons. The van der Waals surface area contributed by atoms with E-state index < -0.39 is 0 Å². The summed E-state index contributed by atoms with van der Waals surface area (Å²) in [7, 11) is 0. The molecule has 0 unspecified atom stereocenters. The van der Waals surface area contributed by atoms with Crippen molar-refractivity contribution in [2.75, 3.05) is 43.5 Å². The van der Waals surface area contributed by atoms with Crippen molar-refractivity contribution in [1.82, 2.24) is 19.5 Å². The summed E-state index contributed by atoms with van der Waals surface area (Å²) < 4.78 is 7.42. The fourth-order valence-electron chi connectivity index (χ4n) is 3.25. The number of aliphatic hydroxyl groups excluding tert-OH is 1. The van der Waals surface area contributed by atoms with Gasteiger partial charge in [-0.1, -0.05) is 12.2 Å². The summed E-state index contributed by atoms with van der Waals surface area (Å²) in [5.41, 5.74) is 7.44. The van der Waals surface area contributed by atoms with Crippen molar-refractivity contribution < 1.29 is 9.84 Å². The van der Waals surface area contributed by atoms with Crippen LogP contribution in [-0.2, 0) is 4.74 Å². The molecule has 0 amide bonds. The third-order valence-electron chi connectivity index (χ3n) is 4.47. The molecule has 0 bridgehead atoms. The van der Waals surface area contributed by atoms with Crippen LogP contribution in [0.3, 0.4) is 0 Å². The number of ether oxygens (including phenoxy) is 1. The lowest BCUT2D eigenvalue weighted by Gasteiger charge is -2.27. The van der Waals surface area contributed by atoms with Gasteiger partial charge in [-0.25, -0.2) is 4.98 Å². The summed E-state index contributed by atoms with van der Waals surface area (Å²) in [5.74, 6) is 1.21. The third-order valence-corrected chi connectivity index (χ3v) is 4.47. The van der Waals surface area contributed by atoms with Crippen molar-refractivity contribution in [3.05, 3.63) is 18.5 Å². The van der Waals surface area contributed by atoms with Gasteiger partial charge in [-0.15, -0.1) is 0 Å². The number of nitrogen functional groups attached to an aromatic ring is 1. The maximum Gasteiger partial charge on any atom is 0.224 e. The van der Waals surface area contributed by atoms with Crippen molar-refractivity contribution in [3.63, 3.8) is 0 Å². The van der Waals surface area contributed by atoms with Gasteiger partial charge in [-0.3, -0.25) is 0 Å². The summed E-state index contributed by atoms with van der Waals surface area (Å²) in [6, 6.07) is 0.143. The van der Waals surface area contributed by atoms with Crippen LogP contribution in [0.4, 0.5) is 11.8 Å². The first-order valence-electron chi connectivity index (χ1n) is 7.88. The van der Waals surface area contributed by atoms with E-state index in [0.29, 0.717) is 13.2 Å². The number of hydrogen-bond acceptors (Lipinski definition) is 7. The van der Waals surface area contributed by atoms with Crippen LogP contribution in [0.15, 0.2) is 18.5 Å². The number of hydrogen-bond donors (Lipinski definition) is 2. The van der Waals surface area contributed by atoms with Gasteiger partial charge in [0.15, 0.2) is 17.0 Å². The number of fused-ring (bicyclic) bond motifs is 1. The van der Waals surface area contributed by atoms with Crippen LogP contribution in [0, 0.1) is 5.92 Å². The summed E-state index contributed by atoms with van der Waals surface area (Å²) in [6.07, 6.45) is 6.77. The number of aromatic nitrogens is 4. The van der Waals surface area contributed by atoms with Gasteiger partial charge >= 0.3 is 0 Å². The maximum atomic E-state index is 9.31. The molecule has 3 N–H and O–H groups in total. The van der Waals surface area contributed by atoms with Crippen molar-refractivity contribution in [2.45, 2.75) is 12.5 Å². The lowest BCUT2D eigenvalue weighted by Crippen LogP contribution is -2.37. The van der Waals surface area contributed by atoms with Gasteiger partial charge in [-0.2, -0.15) is 9.97 Å². The minimum absolute atomic E-state index is 0.143. The summed E-state index contributed by atoms with van der Waals surface area (Å²) in [4.78, 5) is 15.5. The average molecular weight is 316 g/mol. The van der Waals surface area contributed by atoms with Gasteiger partial charge in [0, 0.05) is 25.6 Å². The molecule has 8 heteroatoms. The molecular formula is C15H20N6O2. The topological polar surface area (TPSA) is 102 Å². The fraction of sp³-hybridized carbons (Fsp3) is 0.533. The van der Waals surface area contributed by atoms with Crippen molar-refractivity contribution in [2.24, 2.45) is 5.92 Å². The Bertz CT molecular complexity index is 737. The number of rotatable bonds is 3. The zero-order valence-electron chi connectivity index (χ0n) is 12.8. The second kappa shape index (κ2) is 5.78. The van der Waals surface area contributed by atoms with Crippen molar-refractivity contribution >= 4 is 22.9 Å². The van der Waals surface area contributed by atoms with Crippen molar-refractivity contribution in [3.8, 4) is 0 Å². The number of nitrogens with zero attached hydrogens (tertiary/aromatic N) is 5. The molecule has 8 nitrogen and oxygen atoms in total. The van der Waals surface area contributed by atoms with Crippen LogP contribution in [-0.4, -0.2) is 57.5 Å². The Balaban J connectivity index is 1.74. The van der Waals surface area contributed by atoms with Crippen LogP contribution < -0.4 is 10.6 Å². The molecule has 4 rings (SSSR count). The van der Waals surface area contributed by atoms with E-state index in [2.05, 4.69) is 25.9 Å². The second-order valence-corrected chi connectivity index (χ2v) is 5.96. The molecule has 2 atom stereocenters. The number of allylic oxidation sites excluding steroid dienone is 1. The molecule has 1 aliphatic heterocycles. The van der Waals surface area contributed by atoms with E-state index in [-0.39, 0.29) is 24.5 Å². The number of nitrogens with two attached hydrogens (primary N) is 1. The largest absolute Gasteiger partial charge is 0.396 e. The molecule has 0 aromatic carbocycles. The number of morpholine rings is 1. The van der Waals surface area contributed by atoms with E-state index in [1.807, 2.05) is 10.6 Å². The smallest absolute Gasteiger partial charge is 0.224 e. The summed E-state index contributed by atoms with van der Waals surface area (Å²) in [6.45, 7) is 3.06. The average Bonchev–Trinajstić information content (AvgIpc) is 3.21. The van der Waals surface area contributed by atoms with Crippen LogP contribution in [0.25, 0.3) is 11.2 Å². The molecule has 122 valence electrons. The van der Waals surface area contributed by atoms with Gasteiger partial charge in [-0.05, 0) is 6.42 Å². The van der Waals surface area contributed by atoms with Gasteiger partial charge in [0.25, 0.3) is 0 Å². The van der Waals surface area contributed by atoms with Gasteiger partial charge in [0.2, 0.25) is 5.95 Å². The van der Waals surface area contributed by atoms with E-state index in [9.17, 15) is 5.11 Å². The molecule has 23 heavy (non-hydrogen) atoms. The first-order valence-corrected chi connectivity index (χ1v) is 7.88. The highest BCUT2D eigenvalue weighted by Crippen LogP contribution is 2.32. The zero-order valence-corrected chi connectivity index (χ0v) is 12.8. The van der Waals surface area contributed by atoms with Crippen LogP contribution in [0.1, 0.15) is 12.5 Å². The second-order valence-electron chi connectivity index (χ2n) is 5.96. The monoisotopic (exact) mass is 316 g/mol. The number of aliphatic hydroxyl groups is 1. The maximum absolute atomic E-state index is 9.31. The highest BCUT2D eigenvalue weighted by molar-refractivity contribution is 5.85. The SMILES string of the molecule is Nc1nc(N2CCOCC2)c2ncn([C@@H]3C=C[C@H](CO)C3)c2n1. The Labute approximate surface area is 133 Å². The Morgan fingerprint density at radius 1 is 1.26 bits per heavy atom. The quantitative estimate of drug-likeness (QED) is 0.788. The highest BCUT2D eigenvalue weighted by Gasteiger charge is 2.25. The Morgan fingerprint density at radius 2 is 2.09 bits per heavy atom. The first-order chi connectivity index (χ1) is 11.3. The lowest BCUT2D eigenvalue weighted by atomic mass is 10.1. The summed E-state index contributed by atoms with van der Waals surface area (Å²) in [5, 5.41) is 9.31. The minimum atomic E-state index is 0.143. The first kappa shape index (κ1) is 14.4. The molecule has 0 spiro atoms. The fourth-order valence-corrected chi connectivity index (χ4v) is 3.25. The molecule has 1 aliphatic carbocycles. The van der Waals surface area contributed by atoms with E-state index in [1.165, 1.54) is 0 Å². The Kier molecular flexibility index (Phi) is 3.62. The van der Waals surface area contributed by atoms with Crippen LogP contribution in [0.5, 0.6) is 0 Å².